The van der Waals surface area contributed by atoms with Crippen molar-refractivity contribution in [3.8, 4) is 0 Å². The molecule has 0 unspecified atom stereocenters. The van der Waals surface area contributed by atoms with Crippen LogP contribution in [0.1, 0.15) is 82.8 Å². The summed E-state index contributed by atoms with van der Waals surface area (Å²) >= 11 is 0. The highest BCUT2D eigenvalue weighted by molar-refractivity contribution is 6.12. The van der Waals surface area contributed by atoms with Gasteiger partial charge < -0.3 is 5.32 Å². The van der Waals surface area contributed by atoms with Crippen molar-refractivity contribution in [1.82, 2.24) is 20.2 Å². The van der Waals surface area contributed by atoms with Gasteiger partial charge in [0, 0.05) is 24.6 Å². The quantitative estimate of drug-likeness (QED) is 0.522. The maximum Gasteiger partial charge on any atom is 0.270 e. The van der Waals surface area contributed by atoms with Gasteiger partial charge in [0.1, 0.15) is 11.7 Å². The Kier molecular flexibility index (Phi) is 8.38. The summed E-state index contributed by atoms with van der Waals surface area (Å²) in [5, 5.41) is 18.1. The first-order valence-corrected chi connectivity index (χ1v) is 13.2. The highest BCUT2D eigenvalue weighted by atomic mass is 16.5. The molecule has 1 fully saturated rings. The van der Waals surface area contributed by atoms with Crippen LogP contribution in [-0.2, 0) is 4.79 Å². The Hall–Kier alpha value is -3.52. The molecule has 37 heavy (non-hydrogen) atoms. The summed E-state index contributed by atoms with van der Waals surface area (Å²) in [4.78, 5) is 31.2. The topological polar surface area (TPSA) is 99.8 Å². The Morgan fingerprint density at radius 1 is 1.03 bits per heavy atom. The summed E-state index contributed by atoms with van der Waals surface area (Å²) in [6.07, 6.45) is 18.6. The van der Waals surface area contributed by atoms with Crippen LogP contribution in [0.5, 0.6) is 0 Å². The summed E-state index contributed by atoms with van der Waals surface area (Å²) in [7, 11) is 0. The van der Waals surface area contributed by atoms with Crippen molar-refractivity contribution in [3.05, 3.63) is 77.0 Å². The van der Waals surface area contributed by atoms with E-state index in [9.17, 15) is 14.8 Å². The van der Waals surface area contributed by atoms with E-state index in [0.29, 0.717) is 11.4 Å². The first-order valence-electron chi connectivity index (χ1n) is 13.2. The van der Waals surface area contributed by atoms with Gasteiger partial charge in [-0.1, -0.05) is 37.8 Å². The van der Waals surface area contributed by atoms with Crippen LogP contribution in [0.3, 0.4) is 0 Å². The minimum Gasteiger partial charge on any atom is -0.339 e. The molecule has 4 rings (SSSR count). The highest BCUT2D eigenvalue weighted by Crippen LogP contribution is 2.30. The van der Waals surface area contributed by atoms with Crippen LogP contribution in [-0.4, -0.2) is 43.6 Å². The average Bonchev–Trinajstić information content (AvgIpc) is 3.20. The third kappa shape index (κ3) is 6.25. The predicted molar refractivity (Wildman–Crippen MR) is 144 cm³/mol. The lowest BCUT2D eigenvalue weighted by Gasteiger charge is -2.25. The predicted octanol–water partition coefficient (Wildman–Crippen LogP) is 5.44. The van der Waals surface area contributed by atoms with Crippen LogP contribution in [0.15, 0.2) is 76.3 Å². The smallest absolute Gasteiger partial charge is 0.270 e. The molecule has 0 bridgehead atoms. The minimum atomic E-state index is -0.681. The first kappa shape index (κ1) is 26.5. The molecule has 2 N–H and O–H groups in total. The zero-order valence-corrected chi connectivity index (χ0v) is 22.1. The molecule has 196 valence electrons. The first-order chi connectivity index (χ1) is 17.7. The molecule has 1 saturated carbocycles. The van der Waals surface area contributed by atoms with Crippen LogP contribution in [0.25, 0.3) is 0 Å². The summed E-state index contributed by atoms with van der Waals surface area (Å²) in [5.41, 5.74) is 4.91. The van der Waals surface area contributed by atoms with Gasteiger partial charge in [0.2, 0.25) is 0 Å². The molecule has 0 spiro atoms. The zero-order valence-electron chi connectivity index (χ0n) is 22.1. The summed E-state index contributed by atoms with van der Waals surface area (Å²) in [5.74, 6) is -0.565. The average molecular weight is 504 g/mol. The molecule has 2 aliphatic carbocycles. The number of aliphatic imine (C=N–C) groups is 1. The van der Waals surface area contributed by atoms with Crippen LogP contribution in [0, 0.1) is 5.92 Å². The fourth-order valence-electron chi connectivity index (χ4n) is 5.38. The normalized spacial score (nSPS) is 19.5. The fraction of sp³-hybridized carbons (Fsp3) is 0.448. The molecule has 1 aliphatic heterocycles. The van der Waals surface area contributed by atoms with Crippen molar-refractivity contribution < 1.29 is 14.8 Å². The standard InChI is InChI=1S/C29H37N5O3/c1-19(2)34-25(15-16-30-34)28(35)32-27(23-9-7-5-6-8-10-23)29(36)31-24-13-11-22(12-14-24)26-20(3)17-33(37)18-21(26)4/h11-19,23,27,37H,5-10H2,1-4H3,(H,32,35)/t27-/m0/s1. The SMILES string of the molecule is CC1=CN(O)C=C(C)C1=C1C=CC(=NC(=O)[C@@H](NC(=O)c2ccnn2C(C)C)C2CCCCCC2)C=C1. The largest absolute Gasteiger partial charge is 0.339 e. The van der Waals surface area contributed by atoms with Gasteiger partial charge in [-0.25, -0.2) is 10.1 Å². The maximum atomic E-state index is 13.5. The van der Waals surface area contributed by atoms with E-state index in [1.54, 1.807) is 29.3 Å². The van der Waals surface area contributed by atoms with E-state index in [4.69, 9.17) is 0 Å². The van der Waals surface area contributed by atoms with E-state index in [2.05, 4.69) is 15.4 Å². The second kappa shape index (κ2) is 11.7. The van der Waals surface area contributed by atoms with Crippen molar-refractivity contribution in [1.29, 1.82) is 0 Å². The molecule has 2 amide bonds. The number of hydrogen-bond donors (Lipinski definition) is 2. The van der Waals surface area contributed by atoms with Crippen LogP contribution in [0.2, 0.25) is 0 Å². The molecule has 1 aromatic heterocycles. The fourth-order valence-corrected chi connectivity index (χ4v) is 5.38. The van der Waals surface area contributed by atoms with Crippen molar-refractivity contribution in [2.75, 3.05) is 0 Å². The number of rotatable bonds is 5. The van der Waals surface area contributed by atoms with Gasteiger partial charge in [0.15, 0.2) is 0 Å². The van der Waals surface area contributed by atoms with Crippen LogP contribution < -0.4 is 5.32 Å². The van der Waals surface area contributed by atoms with Crippen molar-refractivity contribution >= 4 is 17.5 Å². The van der Waals surface area contributed by atoms with Gasteiger partial charge in [-0.15, -0.1) is 0 Å². The molecule has 8 nitrogen and oxygen atoms in total. The Morgan fingerprint density at radius 2 is 1.65 bits per heavy atom. The van der Waals surface area contributed by atoms with Gasteiger partial charge in [-0.2, -0.15) is 5.10 Å². The van der Waals surface area contributed by atoms with E-state index in [1.165, 1.54) is 0 Å². The van der Waals surface area contributed by atoms with E-state index < -0.39 is 6.04 Å². The molecular formula is C29H37N5O3. The Labute approximate surface area is 218 Å². The number of nitrogens with zero attached hydrogens (tertiary/aromatic N) is 4. The van der Waals surface area contributed by atoms with Crippen molar-refractivity contribution in [2.24, 2.45) is 10.9 Å². The number of carbonyl (C=O) groups is 2. The third-order valence-corrected chi connectivity index (χ3v) is 7.15. The second-order valence-electron chi connectivity index (χ2n) is 10.3. The Morgan fingerprint density at radius 3 is 2.24 bits per heavy atom. The number of carbonyl (C=O) groups excluding carboxylic acids is 2. The lowest BCUT2D eigenvalue weighted by molar-refractivity contribution is -0.120. The molecule has 0 aromatic carbocycles. The van der Waals surface area contributed by atoms with Gasteiger partial charge in [-0.05, 0) is 87.0 Å². The zero-order chi connectivity index (χ0) is 26.5. The molecule has 0 saturated heterocycles. The monoisotopic (exact) mass is 503 g/mol. The molecule has 1 aromatic rings. The molecular weight excluding hydrogens is 466 g/mol. The lowest BCUT2D eigenvalue weighted by atomic mass is 9.90. The van der Waals surface area contributed by atoms with Crippen molar-refractivity contribution in [2.45, 2.75) is 78.3 Å². The molecule has 0 radical (unpaired) electrons. The summed E-state index contributed by atoms with van der Waals surface area (Å²) in [6.45, 7) is 7.83. The molecule has 3 aliphatic rings. The van der Waals surface area contributed by atoms with Gasteiger partial charge in [0.05, 0.1) is 5.71 Å². The Bertz CT molecular complexity index is 1180. The van der Waals surface area contributed by atoms with Crippen molar-refractivity contribution in [3.63, 3.8) is 0 Å². The van der Waals surface area contributed by atoms with Gasteiger partial charge in [0.25, 0.3) is 11.8 Å². The number of amides is 2. The number of aromatic nitrogens is 2. The molecule has 8 heteroatoms. The third-order valence-electron chi connectivity index (χ3n) is 7.15. The van der Waals surface area contributed by atoms with E-state index >= 15 is 0 Å². The highest BCUT2D eigenvalue weighted by Gasteiger charge is 2.31. The number of hydrogen-bond acceptors (Lipinski definition) is 5. The molecule has 2 heterocycles. The number of nitrogens with one attached hydrogen (secondary N) is 1. The maximum absolute atomic E-state index is 13.5. The lowest BCUT2D eigenvalue weighted by Crippen LogP contribution is -2.46. The van der Waals surface area contributed by atoms with Crippen LogP contribution >= 0.6 is 0 Å². The van der Waals surface area contributed by atoms with Crippen LogP contribution in [0.4, 0.5) is 0 Å². The second-order valence-corrected chi connectivity index (χ2v) is 10.3. The van der Waals surface area contributed by atoms with E-state index in [1.807, 2.05) is 52.0 Å². The number of hydroxylamine groups is 2. The summed E-state index contributed by atoms with van der Waals surface area (Å²) in [6, 6.07) is 1.04. The minimum absolute atomic E-state index is 0.0328. The molecule has 1 atom stereocenters. The van der Waals surface area contributed by atoms with E-state index in [0.717, 1.165) is 65.9 Å². The van der Waals surface area contributed by atoms with E-state index in [-0.39, 0.29) is 23.8 Å². The summed E-state index contributed by atoms with van der Waals surface area (Å²) < 4.78 is 1.67. The Balaban J connectivity index is 1.57. The van der Waals surface area contributed by atoms with Gasteiger partial charge in [-0.3, -0.25) is 19.5 Å². The number of allylic oxidation sites excluding steroid dienone is 8. The van der Waals surface area contributed by atoms with Gasteiger partial charge >= 0.3 is 0 Å².